The molecule has 1 unspecified atom stereocenters. The number of carbonyl (C=O) groups is 1. The first-order chi connectivity index (χ1) is 12.1. The predicted molar refractivity (Wildman–Crippen MR) is 94.3 cm³/mol. The molecule has 0 fully saturated rings. The largest absolute Gasteiger partial charge is 0.311 e. The zero-order valence-electron chi connectivity index (χ0n) is 14.2. The molecule has 0 saturated heterocycles. The number of anilines is 1. The molecule has 25 heavy (non-hydrogen) atoms. The summed E-state index contributed by atoms with van der Waals surface area (Å²) in [5.41, 5.74) is 0.300. The van der Waals surface area contributed by atoms with Gasteiger partial charge in [0, 0.05) is 12.5 Å². The Balaban J connectivity index is 1.68. The van der Waals surface area contributed by atoms with Crippen molar-refractivity contribution in [3.8, 4) is 0 Å². The molecule has 2 aromatic heterocycles. The van der Waals surface area contributed by atoms with E-state index in [1.807, 2.05) is 6.92 Å². The van der Waals surface area contributed by atoms with Crippen molar-refractivity contribution in [2.45, 2.75) is 39.3 Å². The summed E-state index contributed by atoms with van der Waals surface area (Å²) >= 11 is 0. The summed E-state index contributed by atoms with van der Waals surface area (Å²) < 4.78 is 2.99. The van der Waals surface area contributed by atoms with E-state index in [0.717, 1.165) is 6.42 Å². The van der Waals surface area contributed by atoms with Crippen LogP contribution in [0.25, 0.3) is 10.9 Å². The van der Waals surface area contributed by atoms with Crippen LogP contribution in [-0.4, -0.2) is 30.7 Å². The number of nitrogens with one attached hydrogen (secondary N) is 1. The number of amides is 1. The summed E-state index contributed by atoms with van der Waals surface area (Å²) in [6.07, 6.45) is 2.69. The molecule has 8 heteroatoms. The monoisotopic (exact) mass is 340 g/mol. The molecule has 8 nitrogen and oxygen atoms in total. The molecule has 1 N–H and O–H groups in total. The maximum absolute atomic E-state index is 12.4. The molecule has 1 amide bonds. The maximum Gasteiger partial charge on any atom is 0.277 e. The van der Waals surface area contributed by atoms with Crippen molar-refractivity contribution in [1.29, 1.82) is 0 Å². The summed E-state index contributed by atoms with van der Waals surface area (Å²) in [5.74, 6) is 0.447. The normalized spacial score (nSPS) is 12.2. The van der Waals surface area contributed by atoms with Crippen molar-refractivity contribution in [3.05, 3.63) is 46.9 Å². The minimum absolute atomic E-state index is 0.124. The molecule has 0 saturated carbocycles. The fraction of sp³-hybridized carbons (Fsp3) is 0.353. The highest BCUT2D eigenvalue weighted by Crippen LogP contribution is 2.16. The lowest BCUT2D eigenvalue weighted by Gasteiger charge is -2.14. The summed E-state index contributed by atoms with van der Waals surface area (Å²) in [6, 6.07) is 8.96. The van der Waals surface area contributed by atoms with Crippen molar-refractivity contribution < 1.29 is 4.79 Å². The van der Waals surface area contributed by atoms with E-state index >= 15 is 0 Å². The first-order valence-corrected chi connectivity index (χ1v) is 8.26. The number of fused-ring (bicyclic) bond motifs is 1. The zero-order valence-corrected chi connectivity index (χ0v) is 14.2. The second kappa shape index (κ2) is 7.25. The molecule has 0 aliphatic heterocycles. The van der Waals surface area contributed by atoms with Crippen LogP contribution in [0.15, 0.2) is 41.3 Å². The number of benzene rings is 1. The first-order valence-electron chi connectivity index (χ1n) is 8.26. The van der Waals surface area contributed by atoms with Gasteiger partial charge in [0.15, 0.2) is 0 Å². The van der Waals surface area contributed by atoms with Crippen LogP contribution in [0.2, 0.25) is 0 Å². The third-order valence-corrected chi connectivity index (χ3v) is 4.13. The lowest BCUT2D eigenvalue weighted by Crippen LogP contribution is -2.27. The number of nitrogens with zero attached hydrogens (tertiary/aromatic N) is 5. The average molecular weight is 340 g/mol. The van der Waals surface area contributed by atoms with E-state index in [1.165, 1.54) is 4.68 Å². The summed E-state index contributed by atoms with van der Waals surface area (Å²) in [4.78, 5) is 24.6. The van der Waals surface area contributed by atoms with Gasteiger partial charge >= 0.3 is 0 Å². The Morgan fingerprint density at radius 1 is 1.28 bits per heavy atom. The van der Waals surface area contributed by atoms with Crippen molar-refractivity contribution in [3.63, 3.8) is 0 Å². The molecule has 2 heterocycles. The quantitative estimate of drug-likeness (QED) is 0.740. The molecule has 1 aromatic carbocycles. The van der Waals surface area contributed by atoms with Gasteiger partial charge in [0.25, 0.3) is 5.56 Å². The van der Waals surface area contributed by atoms with Crippen LogP contribution in [0.1, 0.15) is 32.7 Å². The highest BCUT2D eigenvalue weighted by molar-refractivity contribution is 5.89. The molecule has 0 spiro atoms. The van der Waals surface area contributed by atoms with Crippen LogP contribution in [-0.2, 0) is 11.3 Å². The van der Waals surface area contributed by atoms with Gasteiger partial charge in [-0.3, -0.25) is 9.59 Å². The third kappa shape index (κ3) is 3.57. The lowest BCUT2D eigenvalue weighted by atomic mass is 10.2. The minimum atomic E-state index is -0.247. The lowest BCUT2D eigenvalue weighted by molar-refractivity contribution is -0.116. The van der Waals surface area contributed by atoms with Gasteiger partial charge in [-0.2, -0.15) is 5.10 Å². The van der Waals surface area contributed by atoms with E-state index in [2.05, 4.69) is 27.7 Å². The van der Waals surface area contributed by atoms with E-state index in [-0.39, 0.29) is 30.5 Å². The van der Waals surface area contributed by atoms with Gasteiger partial charge in [-0.1, -0.05) is 24.3 Å². The maximum atomic E-state index is 12.4. The summed E-state index contributed by atoms with van der Waals surface area (Å²) in [6.45, 7) is 4.26. The second-order valence-electron chi connectivity index (χ2n) is 5.85. The SMILES string of the molecule is CCC(C)n1nccc1NC(=O)CCn1nnc2ccccc2c1=O. The van der Waals surface area contributed by atoms with E-state index in [4.69, 9.17) is 0 Å². The zero-order chi connectivity index (χ0) is 17.8. The van der Waals surface area contributed by atoms with Gasteiger partial charge in [0.05, 0.1) is 24.2 Å². The Morgan fingerprint density at radius 2 is 2.08 bits per heavy atom. The van der Waals surface area contributed by atoms with Gasteiger partial charge in [-0.15, -0.1) is 5.10 Å². The molecular formula is C17H20N6O2. The highest BCUT2D eigenvalue weighted by Gasteiger charge is 2.12. The first kappa shape index (κ1) is 16.8. The fourth-order valence-corrected chi connectivity index (χ4v) is 2.52. The van der Waals surface area contributed by atoms with Crippen LogP contribution in [0.5, 0.6) is 0 Å². The topological polar surface area (TPSA) is 94.7 Å². The average Bonchev–Trinajstić information content (AvgIpc) is 3.08. The van der Waals surface area contributed by atoms with Crippen molar-refractivity contribution in [2.24, 2.45) is 0 Å². The molecule has 0 bridgehead atoms. The molecule has 3 rings (SSSR count). The molecule has 1 atom stereocenters. The van der Waals surface area contributed by atoms with Crippen LogP contribution in [0.3, 0.4) is 0 Å². The Morgan fingerprint density at radius 3 is 2.88 bits per heavy atom. The van der Waals surface area contributed by atoms with E-state index in [1.54, 1.807) is 41.2 Å². The number of carbonyl (C=O) groups excluding carboxylic acids is 1. The number of aryl methyl sites for hydroxylation is 1. The highest BCUT2D eigenvalue weighted by atomic mass is 16.2. The van der Waals surface area contributed by atoms with Crippen LogP contribution in [0, 0.1) is 0 Å². The van der Waals surface area contributed by atoms with Gasteiger partial charge < -0.3 is 5.32 Å². The molecular weight excluding hydrogens is 320 g/mol. The van der Waals surface area contributed by atoms with Crippen LogP contribution in [0.4, 0.5) is 5.82 Å². The van der Waals surface area contributed by atoms with Crippen molar-refractivity contribution >= 4 is 22.6 Å². The molecule has 0 aliphatic rings. The molecule has 130 valence electrons. The van der Waals surface area contributed by atoms with Gasteiger partial charge in [0.1, 0.15) is 11.3 Å². The summed E-state index contributed by atoms with van der Waals surface area (Å²) in [5, 5.41) is 15.5. The molecule has 0 aliphatic carbocycles. The van der Waals surface area contributed by atoms with Gasteiger partial charge in [-0.05, 0) is 25.5 Å². The van der Waals surface area contributed by atoms with E-state index < -0.39 is 0 Å². The minimum Gasteiger partial charge on any atom is -0.311 e. The van der Waals surface area contributed by atoms with Crippen molar-refractivity contribution in [2.75, 3.05) is 5.32 Å². The number of aromatic nitrogens is 5. The van der Waals surface area contributed by atoms with E-state index in [0.29, 0.717) is 16.7 Å². The number of hydrogen-bond acceptors (Lipinski definition) is 5. The Kier molecular flexibility index (Phi) is 4.87. The smallest absolute Gasteiger partial charge is 0.277 e. The molecule has 3 aromatic rings. The Hall–Kier alpha value is -3.03. The third-order valence-electron chi connectivity index (χ3n) is 4.13. The fourth-order valence-electron chi connectivity index (χ4n) is 2.52. The Bertz CT molecular complexity index is 945. The Labute approximate surface area is 144 Å². The van der Waals surface area contributed by atoms with Crippen LogP contribution < -0.4 is 10.9 Å². The molecule has 0 radical (unpaired) electrons. The standard InChI is InChI=1S/C17H20N6O2/c1-3-12(2)23-15(8-10-18-23)19-16(24)9-11-22-17(25)13-6-4-5-7-14(13)20-21-22/h4-8,10,12H,3,9,11H2,1-2H3,(H,19,24). The van der Waals surface area contributed by atoms with Gasteiger partial charge in [0.2, 0.25) is 5.91 Å². The predicted octanol–water partition coefficient (Wildman–Crippen LogP) is 1.99. The van der Waals surface area contributed by atoms with E-state index in [9.17, 15) is 9.59 Å². The van der Waals surface area contributed by atoms with Gasteiger partial charge in [-0.25, -0.2) is 9.36 Å². The number of rotatable bonds is 6. The van der Waals surface area contributed by atoms with Crippen LogP contribution >= 0.6 is 0 Å². The van der Waals surface area contributed by atoms with Crippen molar-refractivity contribution in [1.82, 2.24) is 24.8 Å². The number of hydrogen-bond donors (Lipinski definition) is 1. The summed E-state index contributed by atoms with van der Waals surface area (Å²) in [7, 11) is 0. The second-order valence-corrected chi connectivity index (χ2v) is 5.85.